The van der Waals surface area contributed by atoms with Crippen molar-refractivity contribution in [1.29, 1.82) is 0 Å². The number of carbonyl (C=O) groups is 1. The van der Waals surface area contributed by atoms with Gasteiger partial charge in [0.1, 0.15) is 0 Å². The second-order valence-electron chi connectivity index (χ2n) is 4.11. The van der Waals surface area contributed by atoms with Crippen LogP contribution in [0.5, 0.6) is 0 Å². The van der Waals surface area contributed by atoms with Crippen molar-refractivity contribution in [2.24, 2.45) is 5.73 Å². The molecular weight excluding hydrogens is 180 g/mol. The number of hydrogen-bond acceptors (Lipinski definition) is 3. The van der Waals surface area contributed by atoms with Crippen molar-refractivity contribution >= 4 is 5.91 Å². The maximum absolute atomic E-state index is 11.3. The van der Waals surface area contributed by atoms with Gasteiger partial charge in [-0.15, -0.1) is 0 Å². The Kier molecular flexibility index (Phi) is 4.35. The summed E-state index contributed by atoms with van der Waals surface area (Å²) in [7, 11) is 1.71. The summed E-state index contributed by atoms with van der Waals surface area (Å²) in [5, 5.41) is 2.96. The summed E-state index contributed by atoms with van der Waals surface area (Å²) in [6.07, 6.45) is 3.52. The average molecular weight is 200 g/mol. The monoisotopic (exact) mass is 200 g/mol. The molecule has 1 fully saturated rings. The lowest BCUT2D eigenvalue weighted by Gasteiger charge is -2.34. The van der Waals surface area contributed by atoms with Crippen LogP contribution in [0.25, 0.3) is 0 Å². The zero-order chi connectivity index (χ0) is 10.6. The minimum atomic E-state index is 0.105. The second kappa shape index (κ2) is 5.32. The van der Waals surface area contributed by atoms with Crippen LogP contribution in [0.3, 0.4) is 0 Å². The number of nitrogens with two attached hydrogens (primary N) is 1. The van der Waals surface area contributed by atoms with E-state index in [-0.39, 0.29) is 11.9 Å². The first-order chi connectivity index (χ1) is 6.61. The summed E-state index contributed by atoms with van der Waals surface area (Å²) < 4.78 is 5.12. The molecule has 82 valence electrons. The first-order valence-corrected chi connectivity index (χ1v) is 5.19. The van der Waals surface area contributed by atoms with Crippen LogP contribution in [0.4, 0.5) is 0 Å². The number of carbonyl (C=O) groups excluding carboxylic acids is 1. The Hall–Kier alpha value is -0.610. The molecule has 0 saturated heterocycles. The molecule has 1 atom stereocenters. The summed E-state index contributed by atoms with van der Waals surface area (Å²) in [5.41, 5.74) is 5.56. The van der Waals surface area contributed by atoms with Crippen molar-refractivity contribution in [3.63, 3.8) is 0 Å². The van der Waals surface area contributed by atoms with Crippen LogP contribution < -0.4 is 11.1 Å². The molecule has 1 rings (SSSR count). The van der Waals surface area contributed by atoms with Crippen LogP contribution in [0, 0.1) is 0 Å². The van der Waals surface area contributed by atoms with E-state index in [1.54, 1.807) is 7.11 Å². The number of methoxy groups -OCH3 is 1. The van der Waals surface area contributed by atoms with Gasteiger partial charge in [-0.2, -0.15) is 0 Å². The van der Waals surface area contributed by atoms with E-state index in [0.29, 0.717) is 18.6 Å². The molecule has 0 aromatic carbocycles. The van der Waals surface area contributed by atoms with E-state index in [1.165, 1.54) is 0 Å². The van der Waals surface area contributed by atoms with E-state index in [2.05, 4.69) is 5.32 Å². The van der Waals surface area contributed by atoms with E-state index >= 15 is 0 Å². The highest BCUT2D eigenvalue weighted by Gasteiger charge is 2.29. The van der Waals surface area contributed by atoms with Gasteiger partial charge >= 0.3 is 0 Å². The third-order valence-corrected chi connectivity index (χ3v) is 2.62. The molecule has 4 nitrogen and oxygen atoms in total. The Morgan fingerprint density at radius 3 is 2.79 bits per heavy atom. The lowest BCUT2D eigenvalue weighted by Crippen LogP contribution is -2.47. The quantitative estimate of drug-likeness (QED) is 0.675. The molecule has 1 aliphatic rings. The first-order valence-electron chi connectivity index (χ1n) is 5.19. The standard InChI is InChI=1S/C10H20N2O2/c1-7(11)3-4-10(13)12-8-5-9(6-8)14-2/h7-9H,3-6,11H2,1-2H3,(H,12,13). The van der Waals surface area contributed by atoms with Crippen molar-refractivity contribution < 1.29 is 9.53 Å². The van der Waals surface area contributed by atoms with Crippen LogP contribution in [0.15, 0.2) is 0 Å². The molecule has 1 amide bonds. The topological polar surface area (TPSA) is 64.3 Å². The van der Waals surface area contributed by atoms with Crippen molar-refractivity contribution in [2.45, 2.75) is 50.8 Å². The zero-order valence-corrected chi connectivity index (χ0v) is 8.95. The normalized spacial score (nSPS) is 27.9. The van der Waals surface area contributed by atoms with Crippen molar-refractivity contribution in [2.75, 3.05) is 7.11 Å². The maximum Gasteiger partial charge on any atom is 0.220 e. The molecule has 0 aromatic rings. The summed E-state index contributed by atoms with van der Waals surface area (Å²) in [4.78, 5) is 11.3. The van der Waals surface area contributed by atoms with Gasteiger partial charge in [0, 0.05) is 25.6 Å². The van der Waals surface area contributed by atoms with Crippen LogP contribution in [0.1, 0.15) is 32.6 Å². The highest BCUT2D eigenvalue weighted by molar-refractivity contribution is 5.76. The molecular formula is C10H20N2O2. The molecule has 4 heteroatoms. The average Bonchev–Trinajstić information content (AvgIpc) is 2.07. The number of amides is 1. The van der Waals surface area contributed by atoms with E-state index in [0.717, 1.165) is 19.3 Å². The highest BCUT2D eigenvalue weighted by atomic mass is 16.5. The lowest BCUT2D eigenvalue weighted by atomic mass is 9.89. The molecule has 0 aromatic heterocycles. The molecule has 0 radical (unpaired) electrons. The zero-order valence-electron chi connectivity index (χ0n) is 8.95. The predicted molar refractivity (Wildman–Crippen MR) is 54.8 cm³/mol. The smallest absolute Gasteiger partial charge is 0.220 e. The van der Waals surface area contributed by atoms with Gasteiger partial charge in [0.2, 0.25) is 5.91 Å². The Balaban J connectivity index is 2.04. The van der Waals surface area contributed by atoms with Gasteiger partial charge in [-0.1, -0.05) is 0 Å². The second-order valence-corrected chi connectivity index (χ2v) is 4.11. The van der Waals surface area contributed by atoms with Crippen LogP contribution in [-0.4, -0.2) is 31.2 Å². The van der Waals surface area contributed by atoms with Crippen LogP contribution >= 0.6 is 0 Å². The fraction of sp³-hybridized carbons (Fsp3) is 0.900. The molecule has 0 aliphatic heterocycles. The maximum atomic E-state index is 11.3. The molecule has 1 aliphatic carbocycles. The fourth-order valence-corrected chi connectivity index (χ4v) is 1.53. The molecule has 1 unspecified atom stereocenters. The van der Waals surface area contributed by atoms with E-state index in [4.69, 9.17) is 10.5 Å². The van der Waals surface area contributed by atoms with E-state index < -0.39 is 0 Å². The number of rotatable bonds is 5. The molecule has 0 bridgehead atoms. The minimum absolute atomic E-state index is 0.105. The van der Waals surface area contributed by atoms with Crippen molar-refractivity contribution in [1.82, 2.24) is 5.32 Å². The summed E-state index contributed by atoms with van der Waals surface area (Å²) in [5.74, 6) is 0.113. The van der Waals surface area contributed by atoms with Crippen LogP contribution in [0.2, 0.25) is 0 Å². The van der Waals surface area contributed by atoms with Gasteiger partial charge in [0.15, 0.2) is 0 Å². The number of hydrogen-bond donors (Lipinski definition) is 2. The summed E-state index contributed by atoms with van der Waals surface area (Å²) >= 11 is 0. The fourth-order valence-electron chi connectivity index (χ4n) is 1.53. The Labute approximate surface area is 85.2 Å². The predicted octanol–water partition coefficient (Wildman–Crippen LogP) is 0.407. The van der Waals surface area contributed by atoms with E-state index in [1.807, 2.05) is 6.92 Å². The summed E-state index contributed by atoms with van der Waals surface area (Å²) in [6.45, 7) is 1.91. The molecule has 14 heavy (non-hydrogen) atoms. The third kappa shape index (κ3) is 3.64. The molecule has 3 N–H and O–H groups in total. The molecule has 0 heterocycles. The van der Waals surface area contributed by atoms with Gasteiger partial charge in [-0.05, 0) is 26.2 Å². The van der Waals surface area contributed by atoms with Crippen LogP contribution in [-0.2, 0) is 9.53 Å². The van der Waals surface area contributed by atoms with Gasteiger partial charge in [-0.3, -0.25) is 4.79 Å². The largest absolute Gasteiger partial charge is 0.381 e. The molecule has 0 spiro atoms. The Morgan fingerprint density at radius 2 is 2.29 bits per heavy atom. The van der Waals surface area contributed by atoms with Crippen molar-refractivity contribution in [3.8, 4) is 0 Å². The lowest BCUT2D eigenvalue weighted by molar-refractivity contribution is -0.123. The molecule has 1 saturated carbocycles. The highest BCUT2D eigenvalue weighted by Crippen LogP contribution is 2.22. The van der Waals surface area contributed by atoms with E-state index in [9.17, 15) is 4.79 Å². The van der Waals surface area contributed by atoms with Gasteiger partial charge < -0.3 is 15.8 Å². The number of ether oxygens (including phenoxy) is 1. The number of nitrogens with one attached hydrogen (secondary N) is 1. The first kappa shape index (κ1) is 11.5. The van der Waals surface area contributed by atoms with Gasteiger partial charge in [0.05, 0.1) is 6.10 Å². The SMILES string of the molecule is COC1CC(NC(=O)CCC(C)N)C1. The Bertz CT molecular complexity index is 189. The third-order valence-electron chi connectivity index (χ3n) is 2.62. The van der Waals surface area contributed by atoms with Gasteiger partial charge in [0.25, 0.3) is 0 Å². The summed E-state index contributed by atoms with van der Waals surface area (Å²) in [6, 6.07) is 0.425. The Morgan fingerprint density at radius 1 is 1.64 bits per heavy atom. The van der Waals surface area contributed by atoms with Crippen molar-refractivity contribution in [3.05, 3.63) is 0 Å². The van der Waals surface area contributed by atoms with Gasteiger partial charge in [-0.25, -0.2) is 0 Å². The minimum Gasteiger partial charge on any atom is -0.381 e.